The maximum absolute atomic E-state index is 12.2. The number of likely N-dealkylation sites (tertiary alicyclic amines) is 1. The molecule has 1 aliphatic heterocycles. The van der Waals surface area contributed by atoms with Gasteiger partial charge in [0.15, 0.2) is 0 Å². The van der Waals surface area contributed by atoms with Gasteiger partial charge >= 0.3 is 6.18 Å². The van der Waals surface area contributed by atoms with Crippen LogP contribution in [0, 0.1) is 5.92 Å². The van der Waals surface area contributed by atoms with E-state index in [9.17, 15) is 13.2 Å². The molecule has 1 saturated heterocycles. The molecule has 0 unspecified atom stereocenters. The molecule has 22 heavy (non-hydrogen) atoms. The average molecular weight is 331 g/mol. The van der Waals surface area contributed by atoms with E-state index >= 15 is 0 Å². The first-order chi connectivity index (χ1) is 10.4. The van der Waals surface area contributed by atoms with E-state index in [2.05, 4.69) is 4.98 Å². The van der Waals surface area contributed by atoms with Crippen molar-refractivity contribution in [1.29, 1.82) is 0 Å². The third-order valence-electron chi connectivity index (χ3n) is 3.61. The molecule has 1 aromatic heterocycles. The molecule has 1 fully saturated rings. The Morgan fingerprint density at radius 1 is 1.27 bits per heavy atom. The summed E-state index contributed by atoms with van der Waals surface area (Å²) >= 11 is 5.99. The van der Waals surface area contributed by atoms with Crippen molar-refractivity contribution in [3.8, 4) is 5.75 Å². The first-order valence-corrected chi connectivity index (χ1v) is 7.25. The number of halogens is 4. The first kappa shape index (κ1) is 15.4. The number of rotatable bonds is 4. The molecule has 0 spiro atoms. The molecule has 1 aliphatic rings. The minimum atomic E-state index is -4.13. The quantitative estimate of drug-likeness (QED) is 0.798. The number of aromatic nitrogens is 1. The second-order valence-electron chi connectivity index (χ2n) is 5.47. The van der Waals surface area contributed by atoms with Crippen molar-refractivity contribution in [3.63, 3.8) is 0 Å². The number of alkyl halides is 3. The van der Waals surface area contributed by atoms with Crippen LogP contribution in [-0.4, -0.2) is 42.3 Å². The Hall–Kier alpha value is -1.53. The Balaban J connectivity index is 1.53. The second-order valence-corrected chi connectivity index (χ2v) is 5.83. The largest absolute Gasteiger partial charge is 0.493 e. The summed E-state index contributed by atoms with van der Waals surface area (Å²) in [5.41, 5.74) is 0. The van der Waals surface area contributed by atoms with Gasteiger partial charge in [-0.25, -0.2) is 4.98 Å². The Labute approximate surface area is 130 Å². The highest BCUT2D eigenvalue weighted by atomic mass is 35.5. The lowest BCUT2D eigenvalue weighted by Gasteiger charge is -2.39. The fraction of sp³-hybridized carbons (Fsp3) is 0.400. The number of nitrogens with zero attached hydrogens (tertiary/aromatic N) is 2. The van der Waals surface area contributed by atoms with Crippen LogP contribution in [0.15, 0.2) is 30.5 Å². The third kappa shape index (κ3) is 3.62. The van der Waals surface area contributed by atoms with Crippen LogP contribution in [0.1, 0.15) is 0 Å². The molecule has 0 radical (unpaired) electrons. The molecular formula is C15H14ClF3N2O. The fourth-order valence-corrected chi connectivity index (χ4v) is 2.82. The van der Waals surface area contributed by atoms with E-state index in [0.717, 1.165) is 10.8 Å². The van der Waals surface area contributed by atoms with Gasteiger partial charge in [0.2, 0.25) is 0 Å². The first-order valence-electron chi connectivity index (χ1n) is 6.87. The summed E-state index contributed by atoms with van der Waals surface area (Å²) in [7, 11) is 0. The van der Waals surface area contributed by atoms with Crippen molar-refractivity contribution in [2.45, 2.75) is 6.18 Å². The van der Waals surface area contributed by atoms with Gasteiger partial charge in [-0.1, -0.05) is 11.6 Å². The van der Waals surface area contributed by atoms with E-state index in [0.29, 0.717) is 30.6 Å². The minimum Gasteiger partial charge on any atom is -0.493 e. The summed E-state index contributed by atoms with van der Waals surface area (Å²) in [6.45, 7) is 0.412. The maximum Gasteiger partial charge on any atom is 0.401 e. The normalized spacial score (nSPS) is 16.7. The van der Waals surface area contributed by atoms with Gasteiger partial charge in [-0.05, 0) is 29.7 Å². The van der Waals surface area contributed by atoms with Crippen molar-refractivity contribution >= 4 is 22.4 Å². The van der Waals surface area contributed by atoms with E-state index in [-0.39, 0.29) is 5.92 Å². The Morgan fingerprint density at radius 3 is 2.77 bits per heavy atom. The zero-order chi connectivity index (χ0) is 15.7. The topological polar surface area (TPSA) is 25.4 Å². The maximum atomic E-state index is 12.2. The van der Waals surface area contributed by atoms with Crippen molar-refractivity contribution < 1.29 is 17.9 Å². The van der Waals surface area contributed by atoms with Crippen molar-refractivity contribution in [2.24, 2.45) is 5.92 Å². The Morgan fingerprint density at radius 2 is 2.05 bits per heavy atom. The van der Waals surface area contributed by atoms with E-state index in [4.69, 9.17) is 16.3 Å². The highest BCUT2D eigenvalue weighted by Gasteiger charge is 2.37. The predicted molar refractivity (Wildman–Crippen MR) is 78.2 cm³/mol. The lowest BCUT2D eigenvalue weighted by molar-refractivity contribution is -0.159. The van der Waals surface area contributed by atoms with Gasteiger partial charge in [0.1, 0.15) is 10.9 Å². The Bertz CT molecular complexity index is 671. The van der Waals surface area contributed by atoms with Crippen LogP contribution < -0.4 is 4.74 Å². The summed E-state index contributed by atoms with van der Waals surface area (Å²) in [5.74, 6) is 0.822. The molecule has 0 amide bonds. The molecule has 7 heteroatoms. The van der Waals surface area contributed by atoms with Gasteiger partial charge in [-0.3, -0.25) is 4.90 Å². The number of benzene rings is 1. The molecule has 1 aromatic carbocycles. The summed E-state index contributed by atoms with van der Waals surface area (Å²) in [6, 6.07) is 7.32. The monoisotopic (exact) mass is 330 g/mol. The van der Waals surface area contributed by atoms with Crippen LogP contribution in [0.5, 0.6) is 5.75 Å². The van der Waals surface area contributed by atoms with E-state index < -0.39 is 12.7 Å². The molecule has 0 atom stereocenters. The SMILES string of the molecule is FC(F)(F)CN1CC(COc2ccc3c(Cl)nccc3c2)C1. The standard InChI is InChI=1S/C15H14ClF3N2O/c16-14-13-2-1-12(5-11(13)3-4-20-14)22-8-10-6-21(7-10)9-15(17,18)19/h1-5,10H,6-9H2. The van der Waals surface area contributed by atoms with Gasteiger partial charge in [0.05, 0.1) is 13.2 Å². The predicted octanol–water partition coefficient (Wildman–Crippen LogP) is 3.76. The van der Waals surface area contributed by atoms with E-state index in [1.165, 1.54) is 4.90 Å². The zero-order valence-electron chi connectivity index (χ0n) is 11.6. The van der Waals surface area contributed by atoms with Crippen molar-refractivity contribution in [1.82, 2.24) is 9.88 Å². The molecule has 3 nitrogen and oxygen atoms in total. The highest BCUT2D eigenvalue weighted by molar-refractivity contribution is 6.34. The van der Waals surface area contributed by atoms with Crippen LogP contribution in [0.25, 0.3) is 10.8 Å². The molecular weight excluding hydrogens is 317 g/mol. The summed E-state index contributed by atoms with van der Waals surface area (Å²) in [4.78, 5) is 5.37. The number of fused-ring (bicyclic) bond motifs is 1. The van der Waals surface area contributed by atoms with Crippen LogP contribution in [-0.2, 0) is 0 Å². The second kappa shape index (κ2) is 5.93. The van der Waals surface area contributed by atoms with Gasteiger partial charge in [0.25, 0.3) is 0 Å². The molecule has 2 aromatic rings. The van der Waals surface area contributed by atoms with Crippen molar-refractivity contribution in [3.05, 3.63) is 35.6 Å². The summed E-state index contributed by atoms with van der Waals surface area (Å²) < 4.78 is 42.3. The lowest BCUT2D eigenvalue weighted by Crippen LogP contribution is -2.52. The van der Waals surface area contributed by atoms with Crippen molar-refractivity contribution in [2.75, 3.05) is 26.2 Å². The highest BCUT2D eigenvalue weighted by Crippen LogP contribution is 2.27. The molecule has 2 heterocycles. The number of ether oxygens (including phenoxy) is 1. The molecule has 118 valence electrons. The third-order valence-corrected chi connectivity index (χ3v) is 3.91. The van der Waals surface area contributed by atoms with Gasteiger partial charge in [0, 0.05) is 30.6 Å². The van der Waals surface area contributed by atoms with Crippen LogP contribution in [0.2, 0.25) is 5.15 Å². The molecule has 3 rings (SSSR count). The molecule has 0 saturated carbocycles. The van der Waals surface area contributed by atoms with E-state index in [1.54, 1.807) is 12.3 Å². The Kier molecular flexibility index (Phi) is 4.14. The summed E-state index contributed by atoms with van der Waals surface area (Å²) in [6.07, 6.45) is -2.51. The lowest BCUT2D eigenvalue weighted by atomic mass is 10.0. The number of hydrogen-bond acceptors (Lipinski definition) is 3. The number of hydrogen-bond donors (Lipinski definition) is 0. The zero-order valence-corrected chi connectivity index (χ0v) is 12.4. The fourth-order valence-electron chi connectivity index (χ4n) is 2.59. The van der Waals surface area contributed by atoms with E-state index in [1.807, 2.05) is 18.2 Å². The molecule has 0 N–H and O–H groups in total. The molecule has 0 bridgehead atoms. The van der Waals surface area contributed by atoms with Crippen LogP contribution >= 0.6 is 11.6 Å². The van der Waals surface area contributed by atoms with Crippen LogP contribution in [0.3, 0.4) is 0 Å². The van der Waals surface area contributed by atoms with Gasteiger partial charge in [-0.2, -0.15) is 13.2 Å². The molecule has 0 aliphatic carbocycles. The van der Waals surface area contributed by atoms with Gasteiger partial charge in [-0.15, -0.1) is 0 Å². The minimum absolute atomic E-state index is 0.138. The van der Waals surface area contributed by atoms with Gasteiger partial charge < -0.3 is 4.74 Å². The average Bonchev–Trinajstić information content (AvgIpc) is 2.40. The number of pyridine rings is 1. The smallest absolute Gasteiger partial charge is 0.401 e. The summed E-state index contributed by atoms with van der Waals surface area (Å²) in [5, 5.41) is 2.20. The van der Waals surface area contributed by atoms with Crippen LogP contribution in [0.4, 0.5) is 13.2 Å².